The molecule has 0 spiro atoms. The Hall–Kier alpha value is -1.24. The summed E-state index contributed by atoms with van der Waals surface area (Å²) < 4.78 is 16.5. The number of benzene rings is 1. The van der Waals surface area contributed by atoms with Crippen LogP contribution in [0.15, 0.2) is 35.1 Å². The summed E-state index contributed by atoms with van der Waals surface area (Å²) in [4.78, 5) is 2.03. The topological polar surface area (TPSA) is 47.1 Å². The first-order valence-corrected chi connectivity index (χ1v) is 7.13. The fraction of sp³-hybridized carbons (Fsp3) is 0.357. The highest BCUT2D eigenvalue weighted by molar-refractivity contribution is 9.10. The van der Waals surface area contributed by atoms with Gasteiger partial charge in [-0.25, -0.2) is 4.39 Å². The number of rotatable bonds is 5. The van der Waals surface area contributed by atoms with Crippen LogP contribution in [0.1, 0.15) is 17.2 Å². The molecule has 0 saturated heterocycles. The maximum atomic E-state index is 14.1. The molecule has 6 heteroatoms. The fourth-order valence-electron chi connectivity index (χ4n) is 2.27. The van der Waals surface area contributed by atoms with E-state index in [-0.39, 0.29) is 11.9 Å². The molecule has 2 aromatic rings. The monoisotopic (exact) mass is 340 g/mol. The largest absolute Gasteiger partial charge is 0.329 e. The average Bonchev–Trinajstić information content (AvgIpc) is 2.78. The third-order valence-corrected chi connectivity index (χ3v) is 3.76. The predicted molar refractivity (Wildman–Crippen MR) is 80.6 cm³/mol. The first kappa shape index (κ1) is 15.2. The van der Waals surface area contributed by atoms with Gasteiger partial charge in [-0.2, -0.15) is 5.10 Å². The molecule has 1 atom stereocenters. The van der Waals surface area contributed by atoms with Crippen molar-refractivity contribution in [3.05, 3.63) is 52.0 Å². The molecule has 1 unspecified atom stereocenters. The Morgan fingerprint density at radius 3 is 2.80 bits per heavy atom. The van der Waals surface area contributed by atoms with Crippen molar-refractivity contribution in [1.29, 1.82) is 0 Å². The molecule has 0 fully saturated rings. The Balaban J connectivity index is 2.18. The fourth-order valence-corrected chi connectivity index (χ4v) is 2.60. The van der Waals surface area contributed by atoms with Gasteiger partial charge in [-0.1, -0.05) is 22.0 Å². The minimum Gasteiger partial charge on any atom is -0.329 e. The van der Waals surface area contributed by atoms with Crippen molar-refractivity contribution in [2.24, 2.45) is 12.8 Å². The molecule has 1 aromatic heterocycles. The van der Waals surface area contributed by atoms with E-state index in [0.717, 1.165) is 10.0 Å². The Kier molecular flexibility index (Phi) is 4.91. The Morgan fingerprint density at radius 1 is 1.50 bits per heavy atom. The van der Waals surface area contributed by atoms with Crippen LogP contribution in [0, 0.1) is 5.82 Å². The number of aromatic nitrogens is 2. The number of likely N-dealkylation sites (N-methyl/N-ethyl adjacent to an activating group) is 1. The van der Waals surface area contributed by atoms with Crippen LogP contribution in [0.25, 0.3) is 0 Å². The van der Waals surface area contributed by atoms with Crippen LogP contribution >= 0.6 is 15.9 Å². The lowest BCUT2D eigenvalue weighted by Gasteiger charge is -2.27. The molecule has 1 heterocycles. The van der Waals surface area contributed by atoms with Crippen LogP contribution in [0.3, 0.4) is 0 Å². The van der Waals surface area contributed by atoms with E-state index in [4.69, 9.17) is 5.73 Å². The van der Waals surface area contributed by atoms with Crippen molar-refractivity contribution in [2.75, 3.05) is 13.6 Å². The molecule has 0 radical (unpaired) electrons. The highest BCUT2D eigenvalue weighted by Gasteiger charge is 2.19. The number of nitrogens with zero attached hydrogens (tertiary/aromatic N) is 3. The van der Waals surface area contributed by atoms with Crippen LogP contribution in [0.2, 0.25) is 0 Å². The first-order valence-electron chi connectivity index (χ1n) is 6.34. The first-order chi connectivity index (χ1) is 9.51. The second-order valence-electron chi connectivity index (χ2n) is 4.85. The van der Waals surface area contributed by atoms with E-state index in [1.165, 1.54) is 6.07 Å². The minimum absolute atomic E-state index is 0.164. The molecule has 0 aliphatic carbocycles. The van der Waals surface area contributed by atoms with E-state index in [2.05, 4.69) is 21.0 Å². The zero-order chi connectivity index (χ0) is 14.7. The van der Waals surface area contributed by atoms with E-state index in [1.54, 1.807) is 10.7 Å². The molecular formula is C14H18BrFN4. The zero-order valence-corrected chi connectivity index (χ0v) is 13.1. The van der Waals surface area contributed by atoms with Gasteiger partial charge < -0.3 is 5.73 Å². The second kappa shape index (κ2) is 6.47. The van der Waals surface area contributed by atoms with Crippen molar-refractivity contribution >= 4 is 15.9 Å². The molecular weight excluding hydrogens is 323 g/mol. The van der Waals surface area contributed by atoms with Gasteiger partial charge in [0.2, 0.25) is 0 Å². The van der Waals surface area contributed by atoms with E-state index >= 15 is 0 Å². The van der Waals surface area contributed by atoms with Gasteiger partial charge in [-0.05, 0) is 19.2 Å². The highest BCUT2D eigenvalue weighted by Crippen LogP contribution is 2.25. The van der Waals surface area contributed by atoms with Gasteiger partial charge in [0, 0.05) is 48.0 Å². The van der Waals surface area contributed by atoms with Crippen LogP contribution in [0.4, 0.5) is 4.39 Å². The van der Waals surface area contributed by atoms with Gasteiger partial charge in [0.05, 0.1) is 6.20 Å². The van der Waals surface area contributed by atoms with E-state index in [1.807, 2.05) is 37.5 Å². The maximum absolute atomic E-state index is 14.1. The Bertz CT molecular complexity index is 584. The molecule has 0 bridgehead atoms. The molecule has 108 valence electrons. The van der Waals surface area contributed by atoms with E-state index < -0.39 is 0 Å². The Labute approximate surface area is 126 Å². The summed E-state index contributed by atoms with van der Waals surface area (Å²) in [5.74, 6) is -0.243. The van der Waals surface area contributed by atoms with Crippen LogP contribution in [-0.4, -0.2) is 28.3 Å². The molecule has 0 aliphatic heterocycles. The normalized spacial score (nSPS) is 12.9. The third kappa shape index (κ3) is 3.45. The molecule has 2 rings (SSSR count). The molecule has 2 N–H and O–H groups in total. The molecule has 0 amide bonds. The summed E-state index contributed by atoms with van der Waals surface area (Å²) in [6, 6.07) is 4.91. The molecule has 1 aromatic carbocycles. The zero-order valence-electron chi connectivity index (χ0n) is 11.6. The van der Waals surface area contributed by atoms with E-state index in [0.29, 0.717) is 18.7 Å². The van der Waals surface area contributed by atoms with Gasteiger partial charge in [0.15, 0.2) is 0 Å². The van der Waals surface area contributed by atoms with Gasteiger partial charge in [0.25, 0.3) is 0 Å². The van der Waals surface area contributed by atoms with Crippen LogP contribution in [-0.2, 0) is 13.6 Å². The van der Waals surface area contributed by atoms with Crippen LogP contribution < -0.4 is 5.73 Å². The summed E-state index contributed by atoms with van der Waals surface area (Å²) in [5, 5.41) is 4.14. The quantitative estimate of drug-likeness (QED) is 0.909. The van der Waals surface area contributed by atoms with Crippen molar-refractivity contribution in [2.45, 2.75) is 12.6 Å². The van der Waals surface area contributed by atoms with Crippen molar-refractivity contribution in [3.63, 3.8) is 0 Å². The van der Waals surface area contributed by atoms with Crippen molar-refractivity contribution in [1.82, 2.24) is 14.7 Å². The SMILES string of the molecule is CN(Cc1cnn(C)c1)C(CN)c1ccc(Br)cc1F. The highest BCUT2D eigenvalue weighted by atomic mass is 79.9. The number of halogens is 2. The molecule has 0 saturated carbocycles. The maximum Gasteiger partial charge on any atom is 0.129 e. The van der Waals surface area contributed by atoms with Gasteiger partial charge in [-0.3, -0.25) is 9.58 Å². The molecule has 0 aliphatic rings. The van der Waals surface area contributed by atoms with Crippen molar-refractivity contribution in [3.8, 4) is 0 Å². The standard InChI is InChI=1S/C14H18BrFN4/c1-19(8-10-7-18-20(2)9-10)14(6-17)12-4-3-11(15)5-13(12)16/h3-5,7,9,14H,6,8,17H2,1-2H3. The van der Waals surface area contributed by atoms with E-state index in [9.17, 15) is 4.39 Å². The summed E-state index contributed by atoms with van der Waals surface area (Å²) in [6.45, 7) is 1.03. The molecule has 20 heavy (non-hydrogen) atoms. The summed E-state index contributed by atoms with van der Waals surface area (Å²) >= 11 is 3.27. The number of nitrogens with two attached hydrogens (primary N) is 1. The van der Waals surface area contributed by atoms with Gasteiger partial charge >= 0.3 is 0 Å². The number of aryl methyl sites for hydroxylation is 1. The average molecular weight is 341 g/mol. The summed E-state index contributed by atoms with van der Waals surface area (Å²) in [5.41, 5.74) is 7.52. The lowest BCUT2D eigenvalue weighted by atomic mass is 10.0. The minimum atomic E-state index is -0.243. The van der Waals surface area contributed by atoms with Gasteiger partial charge in [0.1, 0.15) is 5.82 Å². The predicted octanol–water partition coefficient (Wildman–Crippen LogP) is 2.45. The summed E-state index contributed by atoms with van der Waals surface area (Å²) in [6.07, 6.45) is 3.75. The second-order valence-corrected chi connectivity index (χ2v) is 5.77. The van der Waals surface area contributed by atoms with Crippen LogP contribution in [0.5, 0.6) is 0 Å². The third-order valence-electron chi connectivity index (χ3n) is 3.27. The van der Waals surface area contributed by atoms with Crippen molar-refractivity contribution < 1.29 is 4.39 Å². The smallest absolute Gasteiger partial charge is 0.129 e. The number of hydrogen-bond donors (Lipinski definition) is 1. The molecule has 4 nitrogen and oxygen atoms in total. The lowest BCUT2D eigenvalue weighted by molar-refractivity contribution is 0.236. The lowest BCUT2D eigenvalue weighted by Crippen LogP contribution is -2.30. The van der Waals surface area contributed by atoms with Gasteiger partial charge in [-0.15, -0.1) is 0 Å². The number of hydrogen-bond acceptors (Lipinski definition) is 3. The Morgan fingerprint density at radius 2 is 2.25 bits per heavy atom. The summed E-state index contributed by atoms with van der Waals surface area (Å²) in [7, 11) is 3.81.